The second kappa shape index (κ2) is 5.35. The number of amides is 1. The fourth-order valence-corrected chi connectivity index (χ4v) is 4.29. The van der Waals surface area contributed by atoms with Crippen LogP contribution in [0.15, 0.2) is 39.9 Å². The van der Waals surface area contributed by atoms with Gasteiger partial charge in [0.25, 0.3) is 5.91 Å². The number of nitrogens with zero attached hydrogens (tertiary/aromatic N) is 3. The number of carbonyl (C=O) groups is 1. The number of para-hydroxylation sites is 1. The molecule has 1 fully saturated rings. The highest BCUT2D eigenvalue weighted by atomic mass is 32.2. The van der Waals surface area contributed by atoms with Crippen LogP contribution in [0.5, 0.6) is 0 Å². The van der Waals surface area contributed by atoms with Crippen LogP contribution in [0.4, 0.5) is 5.69 Å². The molecular formula is C15H17N3OS2. The van der Waals surface area contributed by atoms with Crippen molar-refractivity contribution in [3.05, 3.63) is 35.0 Å². The number of rotatable bonds is 2. The number of anilines is 1. The molecule has 0 spiro atoms. The van der Waals surface area contributed by atoms with Crippen LogP contribution in [0.3, 0.4) is 0 Å². The van der Waals surface area contributed by atoms with Gasteiger partial charge in [-0.15, -0.1) is 0 Å². The van der Waals surface area contributed by atoms with Crippen LogP contribution in [0.2, 0.25) is 0 Å². The van der Waals surface area contributed by atoms with Gasteiger partial charge in [0.05, 0.1) is 5.69 Å². The fraction of sp³-hybridized carbons (Fsp3) is 0.333. The van der Waals surface area contributed by atoms with Gasteiger partial charge in [0.15, 0.2) is 5.11 Å². The van der Waals surface area contributed by atoms with Crippen LogP contribution >= 0.6 is 24.0 Å². The summed E-state index contributed by atoms with van der Waals surface area (Å²) in [5.41, 5.74) is 1.84. The summed E-state index contributed by atoms with van der Waals surface area (Å²) >= 11 is 7.08. The van der Waals surface area contributed by atoms with Gasteiger partial charge in [0.2, 0.25) is 0 Å². The van der Waals surface area contributed by atoms with Gasteiger partial charge in [-0.05, 0) is 38.2 Å². The molecule has 3 rings (SSSR count). The van der Waals surface area contributed by atoms with Crippen molar-refractivity contribution in [3.8, 4) is 0 Å². The van der Waals surface area contributed by atoms with Crippen molar-refractivity contribution in [3.63, 3.8) is 0 Å². The maximum absolute atomic E-state index is 12.7. The first-order valence-corrected chi connectivity index (χ1v) is 8.20. The van der Waals surface area contributed by atoms with E-state index in [1.54, 1.807) is 16.7 Å². The van der Waals surface area contributed by atoms with Crippen LogP contribution in [0.25, 0.3) is 0 Å². The van der Waals surface area contributed by atoms with Crippen molar-refractivity contribution in [2.45, 2.75) is 18.7 Å². The number of likely N-dealkylation sites (N-methyl/N-ethyl adjacent to an activating group) is 2. The van der Waals surface area contributed by atoms with Crippen LogP contribution in [0.1, 0.15) is 13.8 Å². The molecule has 1 amide bonds. The van der Waals surface area contributed by atoms with Gasteiger partial charge in [-0.1, -0.05) is 23.9 Å². The summed E-state index contributed by atoms with van der Waals surface area (Å²) in [7, 11) is 2.00. The molecule has 0 aromatic heterocycles. The molecular weight excluding hydrogens is 302 g/mol. The van der Waals surface area contributed by atoms with Gasteiger partial charge >= 0.3 is 0 Å². The Bertz CT molecular complexity index is 656. The predicted molar refractivity (Wildman–Crippen MR) is 90.1 cm³/mol. The average Bonchev–Trinajstić information content (AvgIpc) is 2.94. The highest BCUT2D eigenvalue weighted by Crippen LogP contribution is 2.47. The highest BCUT2D eigenvalue weighted by Gasteiger charge is 2.41. The second-order valence-electron chi connectivity index (χ2n) is 4.86. The topological polar surface area (TPSA) is 26.8 Å². The molecule has 2 aliphatic rings. The van der Waals surface area contributed by atoms with Crippen molar-refractivity contribution in [1.82, 2.24) is 9.80 Å². The quantitative estimate of drug-likeness (QED) is 0.617. The first kappa shape index (κ1) is 14.4. The SMILES string of the molecule is CCN1C(=O)/C(=C2\Sc3ccccc3N2C)N(CC)C1=S. The normalized spacial score (nSPS) is 21.6. The molecule has 110 valence electrons. The van der Waals surface area contributed by atoms with E-state index in [4.69, 9.17) is 12.2 Å². The van der Waals surface area contributed by atoms with E-state index in [-0.39, 0.29) is 5.91 Å². The summed E-state index contributed by atoms with van der Waals surface area (Å²) in [5.74, 6) is 0.00602. The molecule has 1 aromatic rings. The Hall–Kier alpha value is -1.53. The summed E-state index contributed by atoms with van der Waals surface area (Å²) < 4.78 is 0. The van der Waals surface area contributed by atoms with Crippen molar-refractivity contribution in [2.75, 3.05) is 25.0 Å². The smallest absolute Gasteiger partial charge is 0.279 e. The molecule has 1 aromatic carbocycles. The molecule has 2 heterocycles. The molecule has 0 saturated carbocycles. The molecule has 0 aliphatic carbocycles. The number of thioether (sulfide) groups is 1. The fourth-order valence-electron chi connectivity index (χ4n) is 2.66. The Balaban J connectivity index is 2.11. The Morgan fingerprint density at radius 3 is 2.43 bits per heavy atom. The average molecular weight is 319 g/mol. The highest BCUT2D eigenvalue weighted by molar-refractivity contribution is 8.03. The van der Waals surface area contributed by atoms with Gasteiger partial charge in [-0.2, -0.15) is 0 Å². The minimum absolute atomic E-state index is 0.00602. The van der Waals surface area contributed by atoms with E-state index < -0.39 is 0 Å². The molecule has 0 bridgehead atoms. The van der Waals surface area contributed by atoms with Crippen molar-refractivity contribution in [1.29, 1.82) is 0 Å². The third-order valence-corrected chi connectivity index (χ3v) is 5.42. The van der Waals surface area contributed by atoms with Gasteiger partial charge in [0.1, 0.15) is 10.7 Å². The number of thiocarbonyl (C=S) groups is 1. The molecule has 6 heteroatoms. The maximum Gasteiger partial charge on any atom is 0.279 e. The van der Waals surface area contributed by atoms with Crippen LogP contribution in [-0.4, -0.2) is 41.0 Å². The number of benzene rings is 1. The summed E-state index contributed by atoms with van der Waals surface area (Å²) in [6.45, 7) is 5.27. The Morgan fingerprint density at radius 2 is 1.81 bits per heavy atom. The first-order valence-electron chi connectivity index (χ1n) is 6.98. The van der Waals surface area contributed by atoms with E-state index in [0.717, 1.165) is 10.7 Å². The zero-order chi connectivity index (χ0) is 15.1. The molecule has 0 N–H and O–H groups in total. The zero-order valence-electron chi connectivity index (χ0n) is 12.3. The maximum atomic E-state index is 12.7. The van der Waals surface area contributed by atoms with Crippen LogP contribution < -0.4 is 4.90 Å². The summed E-state index contributed by atoms with van der Waals surface area (Å²) in [5, 5.41) is 1.57. The number of fused-ring (bicyclic) bond motifs is 1. The van der Waals surface area contributed by atoms with Gasteiger partial charge in [-0.3, -0.25) is 9.69 Å². The minimum atomic E-state index is 0.00602. The summed E-state index contributed by atoms with van der Waals surface area (Å²) in [6.07, 6.45) is 0. The molecule has 0 radical (unpaired) electrons. The van der Waals surface area contributed by atoms with E-state index >= 15 is 0 Å². The lowest BCUT2D eigenvalue weighted by Gasteiger charge is -2.20. The molecule has 1 saturated heterocycles. The minimum Gasteiger partial charge on any atom is -0.336 e. The molecule has 0 atom stereocenters. The Kier molecular flexibility index (Phi) is 3.67. The monoisotopic (exact) mass is 319 g/mol. The van der Waals surface area contributed by atoms with Crippen molar-refractivity contribution < 1.29 is 4.79 Å². The van der Waals surface area contributed by atoms with Gasteiger partial charge < -0.3 is 9.80 Å². The molecule has 4 nitrogen and oxygen atoms in total. The van der Waals surface area contributed by atoms with Gasteiger partial charge in [-0.25, -0.2) is 0 Å². The predicted octanol–water partition coefficient (Wildman–Crippen LogP) is 2.87. The van der Waals surface area contributed by atoms with Crippen LogP contribution in [0, 0.1) is 0 Å². The Morgan fingerprint density at radius 1 is 1.14 bits per heavy atom. The molecule has 2 aliphatic heterocycles. The molecule has 0 unspecified atom stereocenters. The third kappa shape index (κ3) is 2.05. The van der Waals surface area contributed by atoms with Gasteiger partial charge in [0, 0.05) is 25.0 Å². The zero-order valence-corrected chi connectivity index (χ0v) is 13.9. The lowest BCUT2D eigenvalue weighted by atomic mass is 10.3. The summed E-state index contributed by atoms with van der Waals surface area (Å²) in [6, 6.07) is 8.18. The third-order valence-electron chi connectivity index (χ3n) is 3.75. The standard InChI is InChI=1S/C15H17N3OS2/c1-4-17-12(13(19)18(5-2)15(17)20)14-16(3)10-8-6-7-9-11(10)21-14/h6-9H,4-5H2,1-3H3/b14-12+. The van der Waals surface area contributed by atoms with E-state index in [0.29, 0.717) is 23.9 Å². The number of hydrogen-bond acceptors (Lipinski definition) is 4. The van der Waals surface area contributed by atoms with E-state index in [1.807, 2.05) is 37.9 Å². The van der Waals surface area contributed by atoms with E-state index in [9.17, 15) is 4.79 Å². The number of carbonyl (C=O) groups excluding carboxylic acids is 1. The largest absolute Gasteiger partial charge is 0.336 e. The lowest BCUT2D eigenvalue weighted by Crippen LogP contribution is -2.32. The van der Waals surface area contributed by atoms with E-state index in [2.05, 4.69) is 17.0 Å². The number of hydrogen-bond donors (Lipinski definition) is 0. The van der Waals surface area contributed by atoms with E-state index in [1.165, 1.54) is 4.90 Å². The molecule has 21 heavy (non-hydrogen) atoms. The van der Waals surface area contributed by atoms with Crippen molar-refractivity contribution >= 4 is 40.7 Å². The summed E-state index contributed by atoms with van der Waals surface area (Å²) in [4.78, 5) is 19.6. The Labute approximate surface area is 134 Å². The second-order valence-corrected chi connectivity index (χ2v) is 6.25. The van der Waals surface area contributed by atoms with Crippen LogP contribution in [-0.2, 0) is 4.79 Å². The van der Waals surface area contributed by atoms with Crippen molar-refractivity contribution in [2.24, 2.45) is 0 Å². The first-order chi connectivity index (χ1) is 10.1. The lowest BCUT2D eigenvalue weighted by molar-refractivity contribution is -0.122.